The second-order valence-corrected chi connectivity index (χ2v) is 13.9. The molecular weight excluding hydrogens is 713 g/mol. The summed E-state index contributed by atoms with van der Waals surface area (Å²) >= 11 is 0. The van der Waals surface area contributed by atoms with Gasteiger partial charge in [0, 0.05) is 23.3 Å². The van der Waals surface area contributed by atoms with Gasteiger partial charge in [-0.25, -0.2) is 9.98 Å². The van der Waals surface area contributed by atoms with Crippen LogP contribution in [0.4, 0.5) is 17.1 Å². The second-order valence-electron chi connectivity index (χ2n) is 13.9. The fourth-order valence-corrected chi connectivity index (χ4v) is 8.58. The molecule has 10 rings (SSSR count). The standard InChI is InChI=1S/C43H32N6O4.2C2H6/c1-24-37-27-12-4-2-5-14-29(27)46-39(50)35(41(51)47(24)33-19-11-9-16-30(33)44-37)25-20-22-26(23-21-25)36-42(52)48-32-17-10-8-13-28(32)38-40(48)49(43(36)53)34-18-7-3-6-15-31(34)45-38;2*1-2/h2-11,13-17,19-24,35-36,40H,12,18H2,1H3,(H,46,50);2*1-2H3. The topological polar surface area (TPSA) is 115 Å². The van der Waals surface area contributed by atoms with Gasteiger partial charge in [0.15, 0.2) is 6.17 Å². The van der Waals surface area contributed by atoms with Crippen molar-refractivity contribution in [1.82, 2.24) is 10.2 Å². The van der Waals surface area contributed by atoms with Crippen molar-refractivity contribution in [2.45, 2.75) is 71.5 Å². The molecule has 2 aliphatic carbocycles. The minimum absolute atomic E-state index is 0.338. The van der Waals surface area contributed by atoms with Gasteiger partial charge in [0.25, 0.3) is 0 Å². The second kappa shape index (κ2) is 15.1. The summed E-state index contributed by atoms with van der Waals surface area (Å²) in [7, 11) is 0. The number of aliphatic imine (C=N–C) groups is 2. The molecule has 57 heavy (non-hydrogen) atoms. The Morgan fingerprint density at radius 2 is 1.23 bits per heavy atom. The summed E-state index contributed by atoms with van der Waals surface area (Å²) in [6, 6.07) is 21.4. The predicted octanol–water partition coefficient (Wildman–Crippen LogP) is 8.06. The molecule has 1 fully saturated rings. The highest BCUT2D eigenvalue weighted by Crippen LogP contribution is 2.46. The van der Waals surface area contributed by atoms with E-state index in [1.54, 1.807) is 39.0 Å². The Hall–Kier alpha value is -6.68. The van der Waals surface area contributed by atoms with E-state index in [1.807, 2.05) is 132 Å². The van der Waals surface area contributed by atoms with Crippen LogP contribution in [0.2, 0.25) is 0 Å². The first-order valence-corrected chi connectivity index (χ1v) is 19.8. The summed E-state index contributed by atoms with van der Waals surface area (Å²) in [5.41, 5.74) is 8.01. The lowest BCUT2D eigenvalue weighted by Crippen LogP contribution is -2.63. The number of para-hydroxylation sites is 3. The molecule has 4 unspecified atom stereocenters. The lowest BCUT2D eigenvalue weighted by atomic mass is 9.88. The van der Waals surface area contributed by atoms with E-state index in [4.69, 9.17) is 9.98 Å². The van der Waals surface area contributed by atoms with Gasteiger partial charge in [0.05, 0.1) is 45.9 Å². The van der Waals surface area contributed by atoms with E-state index in [2.05, 4.69) is 5.32 Å². The predicted molar refractivity (Wildman–Crippen MR) is 224 cm³/mol. The van der Waals surface area contributed by atoms with Crippen molar-refractivity contribution in [3.8, 4) is 0 Å². The van der Waals surface area contributed by atoms with Crippen molar-refractivity contribution in [2.24, 2.45) is 9.98 Å². The van der Waals surface area contributed by atoms with Gasteiger partial charge in [0.1, 0.15) is 11.8 Å². The highest BCUT2D eigenvalue weighted by molar-refractivity contribution is 6.28. The van der Waals surface area contributed by atoms with E-state index in [0.717, 1.165) is 22.5 Å². The summed E-state index contributed by atoms with van der Waals surface area (Å²) in [5, 5.41) is 3.06. The average Bonchev–Trinajstić information content (AvgIpc) is 3.39. The molecule has 7 aliphatic rings. The Bertz CT molecular complexity index is 2460. The maximum absolute atomic E-state index is 14.7. The minimum Gasteiger partial charge on any atom is -0.325 e. The first-order valence-electron chi connectivity index (χ1n) is 19.8. The SMILES string of the molecule is CC.CC.CC1C2=Nc3ccccc3N1C(=O)C(c1ccc(C3C(=O)N4C5=C(C=CC=CC5)N=C5c6ccccc6N(C3=O)C54)cc1)C(=O)NC1=C2CC=CC=C1. The number of hydrogen-bond acceptors (Lipinski definition) is 6. The molecule has 3 aromatic rings. The molecule has 5 heterocycles. The Morgan fingerprint density at radius 3 is 1.98 bits per heavy atom. The number of carbonyl (C=O) groups is 4. The molecule has 286 valence electrons. The van der Waals surface area contributed by atoms with E-state index in [-0.39, 0.29) is 11.8 Å². The first kappa shape index (κ1) is 37.3. The number of hydrogen-bond donors (Lipinski definition) is 1. The molecule has 1 N–H and O–H groups in total. The lowest BCUT2D eigenvalue weighted by Gasteiger charge is -2.45. The van der Waals surface area contributed by atoms with Crippen LogP contribution in [-0.2, 0) is 19.2 Å². The molecular formula is C47H44N6O4. The number of anilines is 2. The molecule has 0 saturated carbocycles. The van der Waals surface area contributed by atoms with Crippen LogP contribution in [0, 0.1) is 0 Å². The van der Waals surface area contributed by atoms with Gasteiger partial charge in [-0.05, 0) is 54.8 Å². The van der Waals surface area contributed by atoms with Crippen molar-refractivity contribution in [3.63, 3.8) is 0 Å². The highest BCUT2D eigenvalue weighted by Gasteiger charge is 2.56. The Balaban J connectivity index is 0.00000110. The maximum Gasteiger partial charge on any atom is 0.246 e. The largest absolute Gasteiger partial charge is 0.325 e. The Morgan fingerprint density at radius 1 is 0.614 bits per heavy atom. The fraction of sp³-hybridized carbons (Fsp3) is 0.234. The van der Waals surface area contributed by atoms with Crippen LogP contribution in [0.1, 0.15) is 76.0 Å². The van der Waals surface area contributed by atoms with Crippen molar-refractivity contribution < 1.29 is 19.2 Å². The molecule has 1 saturated heterocycles. The third kappa shape index (κ3) is 5.86. The smallest absolute Gasteiger partial charge is 0.246 e. The number of nitrogens with zero attached hydrogens (tertiary/aromatic N) is 5. The molecule has 0 radical (unpaired) electrons. The van der Waals surface area contributed by atoms with Gasteiger partial charge < -0.3 is 10.2 Å². The molecule has 3 aromatic carbocycles. The van der Waals surface area contributed by atoms with Crippen LogP contribution >= 0.6 is 0 Å². The van der Waals surface area contributed by atoms with E-state index >= 15 is 0 Å². The Kier molecular flexibility index (Phi) is 9.87. The number of carbonyl (C=O) groups excluding carboxylic acids is 4. The van der Waals surface area contributed by atoms with Gasteiger partial charge >= 0.3 is 0 Å². The van der Waals surface area contributed by atoms with E-state index in [0.29, 0.717) is 58.1 Å². The zero-order chi connectivity index (χ0) is 40.0. The molecule has 4 amide bonds. The van der Waals surface area contributed by atoms with Crippen LogP contribution in [0.15, 0.2) is 154 Å². The van der Waals surface area contributed by atoms with Crippen LogP contribution in [-0.4, -0.2) is 52.2 Å². The van der Waals surface area contributed by atoms with Crippen molar-refractivity contribution >= 4 is 52.1 Å². The molecule has 4 atom stereocenters. The van der Waals surface area contributed by atoms with Gasteiger partial charge in [0.2, 0.25) is 23.6 Å². The molecule has 0 aromatic heterocycles. The zero-order valence-electron chi connectivity index (χ0n) is 32.6. The van der Waals surface area contributed by atoms with Crippen LogP contribution in [0.3, 0.4) is 0 Å². The minimum atomic E-state index is -1.22. The summed E-state index contributed by atoms with van der Waals surface area (Å²) in [6.07, 6.45) is 15.7. The van der Waals surface area contributed by atoms with Gasteiger partial charge in [-0.15, -0.1) is 0 Å². The van der Waals surface area contributed by atoms with Crippen LogP contribution in [0.5, 0.6) is 0 Å². The maximum atomic E-state index is 14.7. The van der Waals surface area contributed by atoms with Crippen molar-refractivity contribution in [1.29, 1.82) is 0 Å². The monoisotopic (exact) mass is 756 g/mol. The van der Waals surface area contributed by atoms with E-state index in [1.165, 1.54) is 0 Å². The van der Waals surface area contributed by atoms with E-state index in [9.17, 15) is 19.2 Å². The zero-order valence-corrected chi connectivity index (χ0v) is 32.6. The molecule has 5 aliphatic heterocycles. The van der Waals surface area contributed by atoms with E-state index < -0.39 is 35.9 Å². The number of fused-ring (bicyclic) bond motifs is 9. The number of benzene rings is 3. The van der Waals surface area contributed by atoms with Gasteiger partial charge in [-0.1, -0.05) is 119 Å². The number of allylic oxidation sites excluding steroid dienone is 8. The first-order chi connectivity index (χ1) is 27.9. The van der Waals surface area contributed by atoms with Crippen molar-refractivity contribution in [2.75, 3.05) is 9.80 Å². The van der Waals surface area contributed by atoms with Gasteiger partial charge in [-0.3, -0.25) is 29.0 Å². The average molecular weight is 757 g/mol. The number of rotatable bonds is 2. The number of amides is 4. The molecule has 2 bridgehead atoms. The fourth-order valence-electron chi connectivity index (χ4n) is 8.58. The summed E-state index contributed by atoms with van der Waals surface area (Å²) < 4.78 is 0. The highest BCUT2D eigenvalue weighted by atomic mass is 16.2. The van der Waals surface area contributed by atoms with Gasteiger partial charge in [-0.2, -0.15) is 0 Å². The summed E-state index contributed by atoms with van der Waals surface area (Å²) in [4.78, 5) is 73.3. The normalized spacial score (nSPS) is 23.7. The molecule has 0 spiro atoms. The number of nitrogens with one attached hydrogen (secondary N) is 1. The Labute approximate surface area is 332 Å². The van der Waals surface area contributed by atoms with Crippen LogP contribution in [0.25, 0.3) is 0 Å². The third-order valence-electron chi connectivity index (χ3n) is 11.0. The third-order valence-corrected chi connectivity index (χ3v) is 11.0. The summed E-state index contributed by atoms with van der Waals surface area (Å²) in [6.45, 7) is 9.94. The summed E-state index contributed by atoms with van der Waals surface area (Å²) in [5.74, 6) is -3.92. The molecule has 10 nitrogen and oxygen atoms in total. The van der Waals surface area contributed by atoms with Crippen molar-refractivity contribution in [3.05, 3.63) is 161 Å². The lowest BCUT2D eigenvalue weighted by molar-refractivity contribution is -0.141. The van der Waals surface area contributed by atoms with Crippen LogP contribution < -0.4 is 15.1 Å². The molecule has 10 heteroatoms. The quantitative estimate of drug-likeness (QED) is 0.267.